The molecule has 1 unspecified atom stereocenters. The van der Waals surface area contributed by atoms with Crippen LogP contribution in [0.2, 0.25) is 0 Å². The third-order valence-electron chi connectivity index (χ3n) is 7.62. The molecule has 0 aromatic carbocycles. The van der Waals surface area contributed by atoms with Crippen LogP contribution < -0.4 is 11.1 Å². The van der Waals surface area contributed by atoms with Gasteiger partial charge in [-0.15, -0.1) is 11.3 Å². The number of nitrogens with zero attached hydrogens (tertiary/aromatic N) is 2. The third kappa shape index (κ3) is 5.98. The molecule has 0 spiro atoms. The van der Waals surface area contributed by atoms with E-state index < -0.39 is 6.04 Å². The number of methoxy groups -OCH3 is 1. The summed E-state index contributed by atoms with van der Waals surface area (Å²) in [4.78, 5) is 43.8. The fourth-order valence-electron chi connectivity index (χ4n) is 5.52. The van der Waals surface area contributed by atoms with Crippen LogP contribution in [0, 0.1) is 11.8 Å². The molecular weight excluding hydrogens is 452 g/mol. The van der Waals surface area contributed by atoms with Crippen molar-refractivity contribution in [1.82, 2.24) is 15.1 Å². The second kappa shape index (κ2) is 11.6. The van der Waals surface area contributed by atoms with E-state index >= 15 is 0 Å². The number of nitrogens with two attached hydrogens (primary N) is 1. The number of hydrogen-bond donors (Lipinski definition) is 2. The van der Waals surface area contributed by atoms with Gasteiger partial charge in [0.2, 0.25) is 11.8 Å². The van der Waals surface area contributed by atoms with Crippen LogP contribution in [0.25, 0.3) is 0 Å². The zero-order valence-corrected chi connectivity index (χ0v) is 20.9. The van der Waals surface area contributed by atoms with Crippen molar-refractivity contribution in [3.63, 3.8) is 0 Å². The maximum absolute atomic E-state index is 13.4. The molecule has 1 aromatic rings. The molecule has 1 aliphatic heterocycles. The summed E-state index contributed by atoms with van der Waals surface area (Å²) in [7, 11) is 1.53. The van der Waals surface area contributed by atoms with E-state index in [2.05, 4.69) is 5.32 Å². The summed E-state index contributed by atoms with van der Waals surface area (Å²) in [5, 5.41) is 5.03. The molecule has 0 bridgehead atoms. The normalized spacial score (nSPS) is 27.3. The lowest BCUT2D eigenvalue weighted by molar-refractivity contribution is -0.141. The number of carbonyl (C=O) groups excluding carboxylic acids is 3. The molecule has 34 heavy (non-hydrogen) atoms. The first-order valence-corrected chi connectivity index (χ1v) is 13.5. The lowest BCUT2D eigenvalue weighted by Gasteiger charge is -2.43. The first kappa shape index (κ1) is 25.1. The molecule has 2 saturated carbocycles. The zero-order chi connectivity index (χ0) is 24.1. The smallest absolute Gasteiger partial charge is 0.264 e. The first-order chi connectivity index (χ1) is 16.5. The summed E-state index contributed by atoms with van der Waals surface area (Å²) in [6.45, 7) is 1.88. The maximum atomic E-state index is 13.4. The molecule has 8 nitrogen and oxygen atoms in total. The number of thiophene rings is 1. The molecule has 0 radical (unpaired) electrons. The topological polar surface area (TPSA) is 105 Å². The Morgan fingerprint density at radius 2 is 1.85 bits per heavy atom. The summed E-state index contributed by atoms with van der Waals surface area (Å²) in [6.07, 6.45) is 7.51. The standard InChI is InChI=1S/C25H38N4O4S/c1-33-16-23(30)29(19-8-9-19)20-10-11-28(25(32)22-3-2-12-34-22)21(13-20)24(31)27-15-18-6-4-17(14-26)5-7-18/h2-3,12,17-21H,4-11,13-16,26H2,1H3,(H,27,31)/t17?,18?,20?,21-/m1/s1. The van der Waals surface area contributed by atoms with Gasteiger partial charge in [-0.05, 0) is 81.2 Å². The summed E-state index contributed by atoms with van der Waals surface area (Å²) in [6, 6.07) is 3.26. The highest BCUT2D eigenvalue weighted by molar-refractivity contribution is 7.12. The van der Waals surface area contributed by atoms with Gasteiger partial charge in [-0.1, -0.05) is 6.07 Å². The van der Waals surface area contributed by atoms with E-state index in [1.54, 1.807) is 4.90 Å². The van der Waals surface area contributed by atoms with Gasteiger partial charge >= 0.3 is 0 Å². The summed E-state index contributed by atoms with van der Waals surface area (Å²) >= 11 is 1.40. The first-order valence-electron chi connectivity index (χ1n) is 12.6. The minimum atomic E-state index is -0.578. The van der Waals surface area contributed by atoms with Crippen molar-refractivity contribution >= 4 is 29.1 Å². The van der Waals surface area contributed by atoms with Gasteiger partial charge in [-0.3, -0.25) is 14.4 Å². The maximum Gasteiger partial charge on any atom is 0.264 e. The molecule has 9 heteroatoms. The molecule has 2 heterocycles. The number of amides is 3. The second-order valence-electron chi connectivity index (χ2n) is 10.0. The molecule has 2 atom stereocenters. The Morgan fingerprint density at radius 3 is 2.47 bits per heavy atom. The average Bonchev–Trinajstić information content (AvgIpc) is 3.53. The molecule has 188 valence electrons. The molecule has 1 aromatic heterocycles. The van der Waals surface area contributed by atoms with Crippen LogP contribution in [0.3, 0.4) is 0 Å². The molecule has 3 N–H and O–H groups in total. The van der Waals surface area contributed by atoms with Crippen molar-refractivity contribution in [1.29, 1.82) is 0 Å². The average molecular weight is 491 g/mol. The van der Waals surface area contributed by atoms with E-state index in [9.17, 15) is 14.4 Å². The van der Waals surface area contributed by atoms with Gasteiger partial charge in [0.25, 0.3) is 5.91 Å². The monoisotopic (exact) mass is 490 g/mol. The van der Waals surface area contributed by atoms with Crippen LogP contribution in [-0.4, -0.2) is 79.0 Å². The molecule has 3 aliphatic rings. The SMILES string of the molecule is COCC(=O)N(C1CC1)C1CCN(C(=O)c2cccs2)[C@@H](C(=O)NCC2CCC(CN)CC2)C1. The molecule has 2 aliphatic carbocycles. The number of rotatable bonds is 9. The van der Waals surface area contributed by atoms with E-state index in [1.165, 1.54) is 18.4 Å². The number of hydrogen-bond acceptors (Lipinski definition) is 6. The fraction of sp³-hybridized carbons (Fsp3) is 0.720. The second-order valence-corrected chi connectivity index (χ2v) is 11.0. The third-order valence-corrected chi connectivity index (χ3v) is 8.48. The minimum absolute atomic E-state index is 0.0242. The Hall–Kier alpha value is -1.97. The van der Waals surface area contributed by atoms with E-state index in [-0.39, 0.29) is 36.4 Å². The van der Waals surface area contributed by atoms with E-state index in [4.69, 9.17) is 10.5 Å². The van der Waals surface area contributed by atoms with Gasteiger partial charge in [-0.25, -0.2) is 0 Å². The van der Waals surface area contributed by atoms with Gasteiger partial charge in [0.1, 0.15) is 12.6 Å². The Labute approximate surface area is 206 Å². The largest absolute Gasteiger partial charge is 0.375 e. The van der Waals surface area contributed by atoms with Crippen molar-refractivity contribution in [2.75, 3.05) is 33.4 Å². The minimum Gasteiger partial charge on any atom is -0.375 e. The Morgan fingerprint density at radius 1 is 1.12 bits per heavy atom. The summed E-state index contributed by atoms with van der Waals surface area (Å²) < 4.78 is 5.12. The highest BCUT2D eigenvalue weighted by Crippen LogP contribution is 2.34. The molecule has 3 fully saturated rings. The van der Waals surface area contributed by atoms with Crippen LogP contribution in [0.5, 0.6) is 0 Å². The number of carbonyl (C=O) groups is 3. The number of piperidine rings is 1. The zero-order valence-electron chi connectivity index (χ0n) is 20.1. The predicted molar refractivity (Wildman–Crippen MR) is 131 cm³/mol. The van der Waals surface area contributed by atoms with Crippen molar-refractivity contribution in [2.45, 2.75) is 69.5 Å². The lowest BCUT2D eigenvalue weighted by atomic mass is 9.82. The highest BCUT2D eigenvalue weighted by Gasteiger charge is 2.44. The van der Waals surface area contributed by atoms with Crippen molar-refractivity contribution in [3.05, 3.63) is 22.4 Å². The van der Waals surface area contributed by atoms with Gasteiger partial charge in [0.15, 0.2) is 0 Å². The lowest BCUT2D eigenvalue weighted by Crippen LogP contribution is -2.59. The Kier molecular flexibility index (Phi) is 8.60. The van der Waals surface area contributed by atoms with Crippen LogP contribution in [0.15, 0.2) is 17.5 Å². The molecule has 4 rings (SSSR count). The van der Waals surface area contributed by atoms with Crippen molar-refractivity contribution in [2.24, 2.45) is 17.6 Å². The summed E-state index contributed by atoms with van der Waals surface area (Å²) in [5.74, 6) is 0.828. The highest BCUT2D eigenvalue weighted by atomic mass is 32.1. The predicted octanol–water partition coefficient (Wildman–Crippen LogP) is 2.24. The molecular formula is C25H38N4O4S. The van der Waals surface area contributed by atoms with Crippen molar-refractivity contribution < 1.29 is 19.1 Å². The van der Waals surface area contributed by atoms with E-state index in [0.717, 1.165) is 45.1 Å². The van der Waals surface area contributed by atoms with Crippen LogP contribution in [-0.2, 0) is 14.3 Å². The van der Waals surface area contributed by atoms with Crippen molar-refractivity contribution in [3.8, 4) is 0 Å². The number of ether oxygens (including phenoxy) is 1. The van der Waals surface area contributed by atoms with Gasteiger partial charge in [0, 0.05) is 32.3 Å². The van der Waals surface area contributed by atoms with Gasteiger partial charge < -0.3 is 25.6 Å². The Balaban J connectivity index is 1.45. The van der Waals surface area contributed by atoms with Crippen LogP contribution in [0.4, 0.5) is 0 Å². The number of nitrogens with one attached hydrogen (secondary N) is 1. The summed E-state index contributed by atoms with van der Waals surface area (Å²) in [5.41, 5.74) is 5.81. The number of likely N-dealkylation sites (tertiary alicyclic amines) is 1. The quantitative estimate of drug-likeness (QED) is 0.552. The van der Waals surface area contributed by atoms with Crippen LogP contribution >= 0.6 is 11.3 Å². The fourth-order valence-corrected chi connectivity index (χ4v) is 6.20. The molecule has 3 amide bonds. The van der Waals surface area contributed by atoms with E-state index in [0.29, 0.717) is 42.6 Å². The van der Waals surface area contributed by atoms with Crippen LogP contribution in [0.1, 0.15) is 61.0 Å². The molecule has 1 saturated heterocycles. The van der Waals surface area contributed by atoms with E-state index in [1.807, 2.05) is 22.4 Å². The Bertz CT molecular complexity index is 836. The van der Waals surface area contributed by atoms with Gasteiger partial charge in [-0.2, -0.15) is 0 Å². The van der Waals surface area contributed by atoms with Gasteiger partial charge in [0.05, 0.1) is 4.88 Å².